The summed E-state index contributed by atoms with van der Waals surface area (Å²) in [5.41, 5.74) is 4.55. The Balaban J connectivity index is 3.15. The molecule has 0 fully saturated rings. The third-order valence-corrected chi connectivity index (χ3v) is 3.74. The maximum Gasteiger partial charge on any atom is 0.0387 e. The van der Waals surface area contributed by atoms with Crippen molar-refractivity contribution in [3.8, 4) is 0 Å². The molecule has 0 aliphatic carbocycles. The molecule has 0 aromatic heterocycles. The zero-order chi connectivity index (χ0) is 14.0. The molecule has 2 heteroatoms. The van der Waals surface area contributed by atoms with Gasteiger partial charge >= 0.3 is 0 Å². The first kappa shape index (κ1) is 15.6. The summed E-state index contributed by atoms with van der Waals surface area (Å²) >= 11 is 4.23. The summed E-state index contributed by atoms with van der Waals surface area (Å²) < 4.78 is 0. The van der Waals surface area contributed by atoms with Gasteiger partial charge in [0.2, 0.25) is 0 Å². The van der Waals surface area contributed by atoms with Crippen LogP contribution in [0.2, 0.25) is 0 Å². The first-order valence-electron chi connectivity index (χ1n) is 6.61. The van der Waals surface area contributed by atoms with Crippen molar-refractivity contribution in [2.24, 2.45) is 0 Å². The number of nitrogens with one attached hydrogen (secondary N) is 1. The largest absolute Gasteiger partial charge is 0.307 e. The minimum absolute atomic E-state index is 0.133. The van der Waals surface area contributed by atoms with Crippen molar-refractivity contribution in [2.75, 3.05) is 12.4 Å². The highest BCUT2D eigenvalue weighted by Crippen LogP contribution is 2.31. The van der Waals surface area contributed by atoms with Gasteiger partial charge in [-0.3, -0.25) is 0 Å². The van der Waals surface area contributed by atoms with Gasteiger partial charge in [-0.2, -0.15) is 12.6 Å². The minimum atomic E-state index is 0.133. The molecule has 0 aliphatic heterocycles. The molecule has 0 spiro atoms. The van der Waals surface area contributed by atoms with Crippen LogP contribution in [0.4, 0.5) is 0 Å². The predicted molar refractivity (Wildman–Crippen MR) is 84.8 cm³/mol. The van der Waals surface area contributed by atoms with Crippen molar-refractivity contribution >= 4 is 12.6 Å². The van der Waals surface area contributed by atoms with Gasteiger partial charge in [-0.15, -0.1) is 0 Å². The molecule has 1 rings (SSSR count). The zero-order valence-corrected chi connectivity index (χ0v) is 13.5. The molecule has 0 unspecified atom stereocenters. The van der Waals surface area contributed by atoms with Crippen LogP contribution >= 0.6 is 12.6 Å². The fourth-order valence-corrected chi connectivity index (χ4v) is 2.39. The smallest absolute Gasteiger partial charge is 0.0387 e. The monoisotopic (exact) mass is 265 g/mol. The van der Waals surface area contributed by atoms with E-state index in [4.69, 9.17) is 0 Å². The topological polar surface area (TPSA) is 12.0 Å². The van der Waals surface area contributed by atoms with E-state index >= 15 is 0 Å². The van der Waals surface area contributed by atoms with Gasteiger partial charge in [0.15, 0.2) is 0 Å². The first-order chi connectivity index (χ1) is 8.18. The van der Waals surface area contributed by atoms with Crippen molar-refractivity contribution in [3.05, 3.63) is 34.9 Å². The maximum atomic E-state index is 4.23. The van der Waals surface area contributed by atoms with Gasteiger partial charge in [-0.25, -0.2) is 0 Å². The van der Waals surface area contributed by atoms with Crippen molar-refractivity contribution in [2.45, 2.75) is 52.4 Å². The predicted octanol–water partition coefficient (Wildman–Crippen LogP) is 4.05. The number of hydrogen-bond donors (Lipinski definition) is 2. The number of rotatable bonds is 4. The second kappa shape index (κ2) is 5.66. The van der Waals surface area contributed by atoms with Gasteiger partial charge < -0.3 is 5.32 Å². The van der Waals surface area contributed by atoms with Crippen LogP contribution in [-0.4, -0.2) is 12.4 Å². The Kier molecular flexibility index (Phi) is 4.90. The molecule has 0 aliphatic rings. The molecule has 0 heterocycles. The Morgan fingerprint density at radius 2 is 1.72 bits per heavy atom. The highest BCUT2D eigenvalue weighted by molar-refractivity contribution is 7.80. The van der Waals surface area contributed by atoms with Crippen molar-refractivity contribution in [3.63, 3.8) is 0 Å². The number of thiol groups is 1. The Hall–Kier alpha value is -0.470. The van der Waals surface area contributed by atoms with Crippen LogP contribution in [0, 0.1) is 6.92 Å². The lowest BCUT2D eigenvalue weighted by atomic mass is 9.77. The zero-order valence-electron chi connectivity index (χ0n) is 12.6. The first-order valence-corrected chi connectivity index (χ1v) is 7.25. The second-order valence-electron chi connectivity index (χ2n) is 6.75. The molecule has 0 bridgehead atoms. The Morgan fingerprint density at radius 1 is 1.11 bits per heavy atom. The fraction of sp³-hybridized carbons (Fsp3) is 0.625. The lowest BCUT2D eigenvalue weighted by Gasteiger charge is -2.30. The average molecular weight is 265 g/mol. The van der Waals surface area contributed by atoms with Crippen LogP contribution in [0.1, 0.15) is 51.3 Å². The summed E-state index contributed by atoms with van der Waals surface area (Å²) in [6.07, 6.45) is 0. The third-order valence-electron chi connectivity index (χ3n) is 3.51. The third kappa shape index (κ3) is 3.76. The molecule has 18 heavy (non-hydrogen) atoms. The highest BCUT2D eigenvalue weighted by Gasteiger charge is 2.24. The fourth-order valence-electron chi connectivity index (χ4n) is 2.28. The summed E-state index contributed by atoms with van der Waals surface area (Å²) in [7, 11) is 0. The van der Waals surface area contributed by atoms with Gasteiger partial charge in [0.1, 0.15) is 0 Å². The average Bonchev–Trinajstić information content (AvgIpc) is 2.25. The molecule has 0 saturated heterocycles. The maximum absolute atomic E-state index is 4.23. The lowest BCUT2D eigenvalue weighted by Crippen LogP contribution is -2.33. The van der Waals surface area contributed by atoms with E-state index in [-0.39, 0.29) is 10.8 Å². The molecule has 0 amide bonds. The molecular formula is C16H27NS. The van der Waals surface area contributed by atoms with E-state index in [9.17, 15) is 0 Å². The standard InChI is InChI=1S/C16H27NS/c1-12-7-8-13(15(2,3)4)9-14(12)16(5,6)10-17-11-18/h7-9,17-18H,10-11H2,1-6H3. The van der Waals surface area contributed by atoms with Crippen LogP contribution < -0.4 is 5.32 Å². The quantitative estimate of drug-likeness (QED) is 0.618. The van der Waals surface area contributed by atoms with Crippen molar-refractivity contribution in [1.82, 2.24) is 5.32 Å². The summed E-state index contributed by atoms with van der Waals surface area (Å²) in [6.45, 7) is 14.5. The summed E-state index contributed by atoms with van der Waals surface area (Å²) in [6, 6.07) is 6.87. The molecule has 1 nitrogen and oxygen atoms in total. The van der Waals surface area contributed by atoms with Crippen LogP contribution in [0.3, 0.4) is 0 Å². The summed E-state index contributed by atoms with van der Waals surface area (Å²) in [4.78, 5) is 0. The molecule has 0 saturated carbocycles. The van der Waals surface area contributed by atoms with E-state index in [2.05, 4.69) is 77.7 Å². The Bertz CT molecular complexity index is 402. The van der Waals surface area contributed by atoms with E-state index in [1.807, 2.05) is 0 Å². The van der Waals surface area contributed by atoms with Gasteiger partial charge in [0.25, 0.3) is 0 Å². The van der Waals surface area contributed by atoms with Crippen LogP contribution in [0.25, 0.3) is 0 Å². The molecule has 1 aromatic rings. The molecule has 1 N–H and O–H groups in total. The van der Waals surface area contributed by atoms with Crippen LogP contribution in [0.5, 0.6) is 0 Å². The lowest BCUT2D eigenvalue weighted by molar-refractivity contribution is 0.485. The van der Waals surface area contributed by atoms with Gasteiger partial charge in [0.05, 0.1) is 0 Å². The van der Waals surface area contributed by atoms with E-state index in [0.29, 0.717) is 0 Å². The van der Waals surface area contributed by atoms with Crippen LogP contribution in [-0.2, 0) is 10.8 Å². The van der Waals surface area contributed by atoms with E-state index in [1.165, 1.54) is 16.7 Å². The van der Waals surface area contributed by atoms with E-state index in [0.717, 1.165) is 12.4 Å². The molecule has 102 valence electrons. The van der Waals surface area contributed by atoms with Crippen molar-refractivity contribution in [1.29, 1.82) is 0 Å². The number of aryl methyl sites for hydroxylation is 1. The second-order valence-corrected chi connectivity index (χ2v) is 7.06. The number of benzene rings is 1. The van der Waals surface area contributed by atoms with Gasteiger partial charge in [-0.1, -0.05) is 52.8 Å². The van der Waals surface area contributed by atoms with Gasteiger partial charge in [0, 0.05) is 17.8 Å². The number of hydrogen-bond acceptors (Lipinski definition) is 2. The summed E-state index contributed by atoms with van der Waals surface area (Å²) in [5.74, 6) is 0.724. The van der Waals surface area contributed by atoms with Crippen molar-refractivity contribution < 1.29 is 0 Å². The van der Waals surface area contributed by atoms with E-state index < -0.39 is 0 Å². The highest BCUT2D eigenvalue weighted by atomic mass is 32.1. The minimum Gasteiger partial charge on any atom is -0.307 e. The summed E-state index contributed by atoms with van der Waals surface area (Å²) in [5, 5.41) is 3.34. The van der Waals surface area contributed by atoms with E-state index in [1.54, 1.807) is 0 Å². The van der Waals surface area contributed by atoms with Gasteiger partial charge in [-0.05, 0) is 29.0 Å². The molecular weight excluding hydrogens is 238 g/mol. The Morgan fingerprint density at radius 3 is 2.22 bits per heavy atom. The molecule has 1 aromatic carbocycles. The molecule has 0 atom stereocenters. The van der Waals surface area contributed by atoms with Crippen LogP contribution in [0.15, 0.2) is 18.2 Å². The Labute approximate surface area is 118 Å². The SMILES string of the molecule is Cc1ccc(C(C)(C)C)cc1C(C)(C)CNCS. The normalized spacial score (nSPS) is 12.8. The molecule has 0 radical (unpaired) electrons.